The molecule has 2 N–H and O–H groups in total. The van der Waals surface area contributed by atoms with Crippen molar-refractivity contribution < 1.29 is 14.3 Å². The van der Waals surface area contributed by atoms with E-state index in [1.54, 1.807) is 6.92 Å². The van der Waals surface area contributed by atoms with Gasteiger partial charge in [0.05, 0.1) is 12.6 Å². The third kappa shape index (κ3) is 3.51. The zero-order valence-corrected chi connectivity index (χ0v) is 9.07. The maximum absolute atomic E-state index is 11.7. The topological polar surface area (TPSA) is 72.6 Å². The van der Waals surface area contributed by atoms with Gasteiger partial charge in [-0.15, -0.1) is 0 Å². The largest absolute Gasteiger partial charge is 0.465 e. The molecule has 0 bridgehead atoms. The number of carbonyl (C=O) groups is 2. The predicted octanol–water partition coefficient (Wildman–Crippen LogP) is -0.111. The Morgan fingerprint density at radius 2 is 2.33 bits per heavy atom. The molecule has 1 saturated heterocycles. The number of hydrogen-bond donors (Lipinski definition) is 1. The van der Waals surface area contributed by atoms with Crippen molar-refractivity contribution in [3.63, 3.8) is 0 Å². The molecule has 1 fully saturated rings. The van der Waals surface area contributed by atoms with Crippen molar-refractivity contribution in [1.82, 2.24) is 4.90 Å². The van der Waals surface area contributed by atoms with E-state index in [0.29, 0.717) is 19.6 Å². The summed E-state index contributed by atoms with van der Waals surface area (Å²) in [4.78, 5) is 24.4. The Morgan fingerprint density at radius 3 is 3.00 bits per heavy atom. The quantitative estimate of drug-likeness (QED) is 0.665. The number of carbonyl (C=O) groups excluding carboxylic acids is 2. The van der Waals surface area contributed by atoms with Crippen LogP contribution in [0, 0.1) is 0 Å². The molecule has 1 aliphatic rings. The molecule has 86 valence electrons. The first-order valence-electron chi connectivity index (χ1n) is 5.35. The first-order chi connectivity index (χ1) is 7.15. The molecule has 5 heteroatoms. The maximum Gasteiger partial charge on any atom is 0.325 e. The molecular weight excluding hydrogens is 196 g/mol. The minimum absolute atomic E-state index is 0.0281. The van der Waals surface area contributed by atoms with Crippen molar-refractivity contribution in [2.24, 2.45) is 5.73 Å². The van der Waals surface area contributed by atoms with E-state index in [-0.39, 0.29) is 18.4 Å². The summed E-state index contributed by atoms with van der Waals surface area (Å²) in [5.41, 5.74) is 5.68. The zero-order chi connectivity index (χ0) is 11.3. The molecule has 1 atom stereocenters. The van der Waals surface area contributed by atoms with Crippen LogP contribution in [0.2, 0.25) is 0 Å². The summed E-state index contributed by atoms with van der Waals surface area (Å²) in [7, 11) is 0. The second-order valence-electron chi connectivity index (χ2n) is 3.67. The lowest BCUT2D eigenvalue weighted by Gasteiger charge is -2.21. The third-order valence-corrected chi connectivity index (χ3v) is 2.45. The summed E-state index contributed by atoms with van der Waals surface area (Å²) in [6.07, 6.45) is 2.54. The van der Waals surface area contributed by atoms with Gasteiger partial charge in [0.2, 0.25) is 5.91 Å². The first-order valence-corrected chi connectivity index (χ1v) is 5.35. The molecule has 0 radical (unpaired) electrons. The van der Waals surface area contributed by atoms with E-state index >= 15 is 0 Å². The highest BCUT2D eigenvalue weighted by Crippen LogP contribution is 2.10. The summed E-state index contributed by atoms with van der Waals surface area (Å²) in [5, 5.41) is 0. The van der Waals surface area contributed by atoms with Crippen LogP contribution in [0.25, 0.3) is 0 Å². The second kappa shape index (κ2) is 5.70. The van der Waals surface area contributed by atoms with Crippen LogP contribution in [0.1, 0.15) is 26.2 Å². The average Bonchev–Trinajstić information content (AvgIpc) is 2.34. The maximum atomic E-state index is 11.7. The monoisotopic (exact) mass is 214 g/mol. The molecule has 0 aromatic rings. The fourth-order valence-corrected chi connectivity index (χ4v) is 1.65. The second-order valence-corrected chi connectivity index (χ2v) is 3.67. The van der Waals surface area contributed by atoms with Gasteiger partial charge >= 0.3 is 5.97 Å². The number of nitrogens with two attached hydrogens (primary N) is 1. The van der Waals surface area contributed by atoms with Crippen LogP contribution in [0.3, 0.4) is 0 Å². The van der Waals surface area contributed by atoms with Gasteiger partial charge in [0, 0.05) is 6.54 Å². The minimum atomic E-state index is -0.457. The normalized spacial score (nSPS) is 22.4. The van der Waals surface area contributed by atoms with Crippen LogP contribution in [0.4, 0.5) is 0 Å². The summed E-state index contributed by atoms with van der Waals surface area (Å²) >= 11 is 0. The van der Waals surface area contributed by atoms with Gasteiger partial charge in [-0.05, 0) is 26.2 Å². The average molecular weight is 214 g/mol. The molecule has 1 rings (SSSR count). The molecule has 0 aromatic carbocycles. The predicted molar refractivity (Wildman–Crippen MR) is 55.0 cm³/mol. The molecule has 0 unspecified atom stereocenters. The lowest BCUT2D eigenvalue weighted by molar-refractivity contribution is -0.149. The molecule has 5 nitrogen and oxygen atoms in total. The first kappa shape index (κ1) is 12.0. The highest BCUT2D eigenvalue weighted by Gasteiger charge is 2.25. The van der Waals surface area contributed by atoms with Gasteiger partial charge in [-0.1, -0.05) is 0 Å². The van der Waals surface area contributed by atoms with Gasteiger partial charge in [-0.3, -0.25) is 9.59 Å². The molecule has 1 amide bonds. The standard InChI is InChI=1S/C10H18N2O3/c1-2-15-9(13)7-12-6-4-3-5-8(11)10(12)14/h8H,2-7,11H2,1H3/t8-/m0/s1. The zero-order valence-electron chi connectivity index (χ0n) is 9.07. The van der Waals surface area contributed by atoms with E-state index in [2.05, 4.69) is 0 Å². The summed E-state index contributed by atoms with van der Waals surface area (Å²) in [5.74, 6) is -0.500. The lowest BCUT2D eigenvalue weighted by Crippen LogP contribution is -2.44. The molecule has 0 aromatic heterocycles. The SMILES string of the molecule is CCOC(=O)CN1CCCC[C@H](N)C1=O. The van der Waals surface area contributed by atoms with Gasteiger partial charge in [0.25, 0.3) is 0 Å². The van der Waals surface area contributed by atoms with Crippen LogP contribution < -0.4 is 5.73 Å². The Kier molecular flexibility index (Phi) is 4.55. The Hall–Kier alpha value is -1.10. The van der Waals surface area contributed by atoms with Crippen LogP contribution >= 0.6 is 0 Å². The van der Waals surface area contributed by atoms with E-state index in [1.165, 1.54) is 4.90 Å². The summed E-state index contributed by atoms with van der Waals surface area (Å²) in [6, 6.07) is -0.457. The molecular formula is C10H18N2O3. The van der Waals surface area contributed by atoms with Gasteiger partial charge < -0.3 is 15.4 Å². The van der Waals surface area contributed by atoms with Crippen molar-refractivity contribution in [3.8, 4) is 0 Å². The van der Waals surface area contributed by atoms with Gasteiger partial charge in [-0.25, -0.2) is 0 Å². The number of amides is 1. The fraction of sp³-hybridized carbons (Fsp3) is 0.800. The third-order valence-electron chi connectivity index (χ3n) is 2.45. The van der Waals surface area contributed by atoms with Crippen LogP contribution in [-0.4, -0.2) is 42.5 Å². The number of ether oxygens (including phenoxy) is 1. The molecule has 1 aliphatic heterocycles. The van der Waals surface area contributed by atoms with E-state index < -0.39 is 6.04 Å². The Morgan fingerprint density at radius 1 is 1.60 bits per heavy atom. The van der Waals surface area contributed by atoms with Crippen molar-refractivity contribution in [3.05, 3.63) is 0 Å². The van der Waals surface area contributed by atoms with Crippen molar-refractivity contribution in [1.29, 1.82) is 0 Å². The number of esters is 1. The van der Waals surface area contributed by atoms with Crippen LogP contribution in [-0.2, 0) is 14.3 Å². The highest BCUT2D eigenvalue weighted by molar-refractivity contribution is 5.85. The highest BCUT2D eigenvalue weighted by atomic mass is 16.5. The van der Waals surface area contributed by atoms with E-state index in [0.717, 1.165) is 12.8 Å². The number of likely N-dealkylation sites (tertiary alicyclic amines) is 1. The Bertz CT molecular complexity index is 243. The molecule has 1 heterocycles. The lowest BCUT2D eigenvalue weighted by atomic mass is 10.1. The molecule has 0 spiro atoms. The van der Waals surface area contributed by atoms with E-state index in [4.69, 9.17) is 10.5 Å². The number of rotatable bonds is 3. The van der Waals surface area contributed by atoms with Crippen molar-refractivity contribution >= 4 is 11.9 Å². The van der Waals surface area contributed by atoms with E-state index in [9.17, 15) is 9.59 Å². The Balaban J connectivity index is 2.51. The molecule has 15 heavy (non-hydrogen) atoms. The van der Waals surface area contributed by atoms with Gasteiger partial charge in [0.1, 0.15) is 6.54 Å². The molecule has 0 saturated carbocycles. The summed E-state index contributed by atoms with van der Waals surface area (Å²) < 4.78 is 4.80. The fourth-order valence-electron chi connectivity index (χ4n) is 1.65. The van der Waals surface area contributed by atoms with Gasteiger partial charge in [-0.2, -0.15) is 0 Å². The minimum Gasteiger partial charge on any atom is -0.465 e. The van der Waals surface area contributed by atoms with Crippen molar-refractivity contribution in [2.45, 2.75) is 32.2 Å². The summed E-state index contributed by atoms with van der Waals surface area (Å²) in [6.45, 7) is 2.71. The van der Waals surface area contributed by atoms with Crippen molar-refractivity contribution in [2.75, 3.05) is 19.7 Å². The number of nitrogens with zero attached hydrogens (tertiary/aromatic N) is 1. The van der Waals surface area contributed by atoms with Crippen LogP contribution in [0.5, 0.6) is 0 Å². The number of hydrogen-bond acceptors (Lipinski definition) is 4. The molecule has 0 aliphatic carbocycles. The smallest absolute Gasteiger partial charge is 0.325 e. The Labute approximate surface area is 89.6 Å². The van der Waals surface area contributed by atoms with Crippen LogP contribution in [0.15, 0.2) is 0 Å². The van der Waals surface area contributed by atoms with Gasteiger partial charge in [0.15, 0.2) is 0 Å². The van der Waals surface area contributed by atoms with E-state index in [1.807, 2.05) is 0 Å².